The fraction of sp³-hybridized carbons (Fsp3) is 0.409. The second-order valence-corrected chi connectivity index (χ2v) is 5.69. The topological polar surface area (TPSA) is 119 Å². The lowest BCUT2D eigenvalue weighted by atomic mass is 10.1. The van der Waals surface area contributed by atoms with Gasteiger partial charge in [0.05, 0.1) is 19.4 Å². The Bertz CT molecular complexity index is 739. The van der Waals surface area contributed by atoms with Gasteiger partial charge >= 0.3 is 11.9 Å². The number of hydrogen-bond acceptors (Lipinski definition) is 3. The van der Waals surface area contributed by atoms with Gasteiger partial charge in [0.15, 0.2) is 0 Å². The maximum Gasteiger partial charge on any atom is 0.307 e. The molecular formula is C22H34N2O5. The fourth-order valence-electron chi connectivity index (χ4n) is 2.19. The molecule has 7 nitrogen and oxygen atoms in total. The van der Waals surface area contributed by atoms with Gasteiger partial charge in [0.1, 0.15) is 0 Å². The van der Waals surface area contributed by atoms with Crippen LogP contribution in [0.2, 0.25) is 0 Å². The first kappa shape index (κ1) is 28.1. The second kappa shape index (κ2) is 15.9. The van der Waals surface area contributed by atoms with Crippen LogP contribution in [0.4, 0.5) is 0 Å². The summed E-state index contributed by atoms with van der Waals surface area (Å²) in [5, 5.41) is 19.4. The van der Waals surface area contributed by atoms with Crippen molar-refractivity contribution in [1.82, 2.24) is 10.3 Å². The van der Waals surface area contributed by atoms with E-state index in [0.29, 0.717) is 13.0 Å². The van der Waals surface area contributed by atoms with E-state index in [2.05, 4.69) is 10.3 Å². The molecule has 0 bridgehead atoms. The zero-order valence-electron chi connectivity index (χ0n) is 16.9. The van der Waals surface area contributed by atoms with Gasteiger partial charge < -0.3 is 20.5 Å². The van der Waals surface area contributed by atoms with Crippen LogP contribution < -0.4 is 5.32 Å². The lowest BCUT2D eigenvalue weighted by Crippen LogP contribution is -2.25. The highest BCUT2D eigenvalue weighted by molar-refractivity contribution is 5.78. The molecule has 0 spiro atoms. The molecule has 4 N–H and O–H groups in total. The number of carboxylic acid groups (broad SMARTS) is 2. The van der Waals surface area contributed by atoms with E-state index in [1.54, 1.807) is 13.1 Å². The highest BCUT2D eigenvalue weighted by Crippen LogP contribution is 2.14. The van der Waals surface area contributed by atoms with E-state index < -0.39 is 11.9 Å². The molecule has 0 unspecified atom stereocenters. The Balaban J connectivity index is 0. The van der Waals surface area contributed by atoms with Crippen LogP contribution >= 0.6 is 0 Å². The summed E-state index contributed by atoms with van der Waals surface area (Å²) in [6.07, 6.45) is 2.25. The molecule has 0 aliphatic rings. The second-order valence-electron chi connectivity index (χ2n) is 5.69. The SMILES string of the molecule is C.CC.CCC(=O)O.Cc1c[nH]c(CNC(=O)Cc2ccccc2)c1CC(=O)O. The normalized spacial score (nSPS) is 8.97. The van der Waals surface area contributed by atoms with E-state index in [4.69, 9.17) is 10.2 Å². The van der Waals surface area contributed by atoms with Crippen LogP contribution in [0.25, 0.3) is 0 Å². The monoisotopic (exact) mass is 406 g/mol. The first-order valence-corrected chi connectivity index (χ1v) is 9.23. The van der Waals surface area contributed by atoms with Crippen LogP contribution in [0.1, 0.15) is 57.0 Å². The minimum Gasteiger partial charge on any atom is -0.481 e. The largest absolute Gasteiger partial charge is 0.481 e. The van der Waals surface area contributed by atoms with E-state index in [9.17, 15) is 14.4 Å². The Morgan fingerprint density at radius 1 is 1.00 bits per heavy atom. The number of aryl methyl sites for hydroxylation is 1. The number of rotatable bonds is 7. The molecule has 162 valence electrons. The summed E-state index contributed by atoms with van der Waals surface area (Å²) in [4.78, 5) is 35.1. The molecule has 0 aliphatic heterocycles. The summed E-state index contributed by atoms with van der Waals surface area (Å²) in [6.45, 7) is 7.76. The van der Waals surface area contributed by atoms with Gasteiger partial charge in [-0.2, -0.15) is 0 Å². The zero-order valence-corrected chi connectivity index (χ0v) is 16.9. The van der Waals surface area contributed by atoms with Crippen molar-refractivity contribution in [3.63, 3.8) is 0 Å². The van der Waals surface area contributed by atoms with Gasteiger partial charge in [0, 0.05) is 18.3 Å². The molecule has 1 aromatic heterocycles. The maximum atomic E-state index is 11.9. The number of carbonyl (C=O) groups is 3. The Morgan fingerprint density at radius 3 is 2.03 bits per heavy atom. The van der Waals surface area contributed by atoms with Crippen molar-refractivity contribution in [3.8, 4) is 0 Å². The average molecular weight is 407 g/mol. The van der Waals surface area contributed by atoms with Crippen LogP contribution in [0.15, 0.2) is 36.5 Å². The molecule has 1 amide bonds. The van der Waals surface area contributed by atoms with Gasteiger partial charge in [-0.05, 0) is 23.6 Å². The molecule has 0 saturated carbocycles. The number of aromatic nitrogens is 1. The predicted octanol–water partition coefficient (Wildman–Crippen LogP) is 3.95. The van der Waals surface area contributed by atoms with Crippen molar-refractivity contribution < 1.29 is 24.6 Å². The van der Waals surface area contributed by atoms with Crippen LogP contribution in [0, 0.1) is 6.92 Å². The summed E-state index contributed by atoms with van der Waals surface area (Å²) < 4.78 is 0. The van der Waals surface area contributed by atoms with Crippen molar-refractivity contribution in [3.05, 3.63) is 58.9 Å². The molecule has 2 aromatic rings. The molecular weight excluding hydrogens is 372 g/mol. The van der Waals surface area contributed by atoms with Crippen molar-refractivity contribution in [2.24, 2.45) is 0 Å². The van der Waals surface area contributed by atoms with Crippen molar-refractivity contribution in [2.75, 3.05) is 0 Å². The molecule has 0 saturated heterocycles. The first-order chi connectivity index (χ1) is 13.3. The number of aromatic amines is 1. The third kappa shape index (κ3) is 12.1. The Kier molecular flexibility index (Phi) is 15.4. The molecule has 0 fully saturated rings. The minimum absolute atomic E-state index is 0. The lowest BCUT2D eigenvalue weighted by Gasteiger charge is -2.07. The van der Waals surface area contributed by atoms with Gasteiger partial charge in [-0.3, -0.25) is 14.4 Å². The molecule has 0 radical (unpaired) electrons. The Labute approximate surface area is 173 Å². The summed E-state index contributed by atoms with van der Waals surface area (Å²) >= 11 is 0. The quantitative estimate of drug-likeness (QED) is 0.555. The molecule has 7 heteroatoms. The molecule has 29 heavy (non-hydrogen) atoms. The van der Waals surface area contributed by atoms with Gasteiger partial charge in [0.2, 0.25) is 5.91 Å². The fourth-order valence-corrected chi connectivity index (χ4v) is 2.19. The highest BCUT2D eigenvalue weighted by Gasteiger charge is 2.12. The van der Waals surface area contributed by atoms with E-state index in [-0.39, 0.29) is 26.2 Å². The number of carboxylic acids is 2. The molecule has 1 aromatic carbocycles. The van der Waals surface area contributed by atoms with Crippen LogP contribution in [0.5, 0.6) is 0 Å². The smallest absolute Gasteiger partial charge is 0.307 e. The number of H-pyrrole nitrogens is 1. The standard InChI is InChI=1S/C16H18N2O3.C3H6O2.C2H6.CH4/c1-11-9-17-14(13(11)8-16(20)21)10-18-15(19)7-12-5-3-2-4-6-12;1-2-3(4)5;1-2;/h2-6,9,17H,7-8,10H2,1H3,(H,18,19)(H,20,21);2H2,1H3,(H,4,5);1-2H3;1H4. The number of benzene rings is 1. The maximum absolute atomic E-state index is 11.9. The Morgan fingerprint density at radius 2 is 1.55 bits per heavy atom. The van der Waals surface area contributed by atoms with Crippen LogP contribution in [-0.4, -0.2) is 33.0 Å². The molecule has 0 aliphatic carbocycles. The number of carbonyl (C=O) groups excluding carboxylic acids is 1. The van der Waals surface area contributed by atoms with Crippen LogP contribution in [-0.2, 0) is 33.8 Å². The summed E-state index contributed by atoms with van der Waals surface area (Å²) in [5.74, 6) is -1.71. The zero-order chi connectivity index (χ0) is 21.5. The van der Waals surface area contributed by atoms with E-state index in [1.165, 1.54) is 0 Å². The van der Waals surface area contributed by atoms with E-state index in [0.717, 1.165) is 22.4 Å². The van der Waals surface area contributed by atoms with Crippen molar-refractivity contribution >= 4 is 17.8 Å². The summed E-state index contributed by atoms with van der Waals surface area (Å²) in [7, 11) is 0. The minimum atomic E-state index is -0.880. The van der Waals surface area contributed by atoms with Gasteiger partial charge in [-0.25, -0.2) is 0 Å². The molecule has 0 atom stereocenters. The third-order valence-corrected chi connectivity index (χ3v) is 3.60. The number of nitrogens with one attached hydrogen (secondary N) is 2. The summed E-state index contributed by atoms with van der Waals surface area (Å²) in [5.41, 5.74) is 3.33. The molecule has 2 rings (SSSR count). The van der Waals surface area contributed by atoms with Gasteiger partial charge in [0.25, 0.3) is 0 Å². The number of hydrogen-bond donors (Lipinski definition) is 4. The Hall–Kier alpha value is -3.09. The number of amides is 1. The lowest BCUT2D eigenvalue weighted by molar-refractivity contribution is -0.137. The summed E-state index contributed by atoms with van der Waals surface area (Å²) in [6, 6.07) is 9.48. The van der Waals surface area contributed by atoms with Crippen LogP contribution in [0.3, 0.4) is 0 Å². The third-order valence-electron chi connectivity index (χ3n) is 3.60. The molecule has 1 heterocycles. The van der Waals surface area contributed by atoms with E-state index >= 15 is 0 Å². The van der Waals surface area contributed by atoms with E-state index in [1.807, 2.05) is 51.1 Å². The first-order valence-electron chi connectivity index (χ1n) is 9.23. The van der Waals surface area contributed by atoms with Gasteiger partial charge in [-0.15, -0.1) is 0 Å². The predicted molar refractivity (Wildman–Crippen MR) is 115 cm³/mol. The highest BCUT2D eigenvalue weighted by atomic mass is 16.4. The van der Waals surface area contributed by atoms with Crippen molar-refractivity contribution in [2.45, 2.75) is 60.9 Å². The average Bonchev–Trinajstić information content (AvgIpc) is 3.02. The van der Waals surface area contributed by atoms with Crippen molar-refractivity contribution in [1.29, 1.82) is 0 Å². The number of aliphatic carboxylic acids is 2. The van der Waals surface area contributed by atoms with Gasteiger partial charge in [-0.1, -0.05) is 58.5 Å².